The Morgan fingerprint density at radius 3 is 2.21 bits per heavy atom. The van der Waals surface area contributed by atoms with Crippen LogP contribution in [0.3, 0.4) is 0 Å². The summed E-state index contributed by atoms with van der Waals surface area (Å²) < 4.78 is 10.5. The van der Waals surface area contributed by atoms with Crippen molar-refractivity contribution in [2.45, 2.75) is 0 Å². The molecule has 2 aromatic carbocycles. The van der Waals surface area contributed by atoms with Crippen LogP contribution in [0.1, 0.15) is 11.1 Å². The molecule has 0 amide bonds. The first-order valence-corrected chi connectivity index (χ1v) is 7.41. The molecule has 0 radical (unpaired) electrons. The van der Waals surface area contributed by atoms with E-state index in [1.54, 1.807) is 24.3 Å². The molecule has 0 unspecified atom stereocenters. The van der Waals surface area contributed by atoms with Gasteiger partial charge in [-0.3, -0.25) is 0 Å². The van der Waals surface area contributed by atoms with Crippen molar-refractivity contribution in [1.29, 1.82) is 0 Å². The quantitative estimate of drug-likeness (QED) is 0.651. The van der Waals surface area contributed by atoms with E-state index in [0.717, 1.165) is 11.3 Å². The summed E-state index contributed by atoms with van der Waals surface area (Å²) in [5, 5.41) is 9.64. The van der Waals surface area contributed by atoms with Gasteiger partial charge in [-0.1, -0.05) is 12.1 Å². The minimum atomic E-state index is -1.03. The summed E-state index contributed by atoms with van der Waals surface area (Å²) in [5.74, 6) is 0.0218. The maximum atomic E-state index is 11.8. The summed E-state index contributed by atoms with van der Waals surface area (Å²) in [7, 11) is 6.95. The summed E-state index contributed by atoms with van der Waals surface area (Å²) >= 11 is 0. The summed E-state index contributed by atoms with van der Waals surface area (Å²) in [5.41, 5.74) is 2.45. The van der Waals surface area contributed by atoms with E-state index >= 15 is 0 Å². The largest absolute Gasteiger partial charge is 0.497 e. The topological polar surface area (TPSA) is 59.0 Å². The number of carboxylic acids is 1. The highest BCUT2D eigenvalue weighted by Gasteiger charge is 2.16. The molecule has 0 heterocycles. The van der Waals surface area contributed by atoms with Gasteiger partial charge in [-0.05, 0) is 42.0 Å². The number of carboxylic acid groups (broad SMARTS) is 1. The number of benzene rings is 2. The van der Waals surface area contributed by atoms with Crippen LogP contribution in [0.15, 0.2) is 42.5 Å². The van der Waals surface area contributed by atoms with Crippen molar-refractivity contribution in [1.82, 2.24) is 0 Å². The molecular weight excluding hydrogens is 306 g/mol. The van der Waals surface area contributed by atoms with E-state index in [-0.39, 0.29) is 5.57 Å². The van der Waals surface area contributed by atoms with Crippen LogP contribution in [0.5, 0.6) is 11.5 Å². The fourth-order valence-electron chi connectivity index (χ4n) is 2.31. The minimum absolute atomic E-state index is 0.142. The van der Waals surface area contributed by atoms with Gasteiger partial charge in [0.15, 0.2) is 0 Å². The van der Waals surface area contributed by atoms with Gasteiger partial charge in [-0.2, -0.15) is 0 Å². The van der Waals surface area contributed by atoms with Crippen LogP contribution in [0.4, 0.5) is 5.69 Å². The van der Waals surface area contributed by atoms with Crippen LogP contribution in [-0.2, 0) is 4.79 Å². The van der Waals surface area contributed by atoms with Gasteiger partial charge in [-0.15, -0.1) is 0 Å². The highest BCUT2D eigenvalue weighted by Crippen LogP contribution is 2.31. The van der Waals surface area contributed by atoms with Gasteiger partial charge in [-0.25, -0.2) is 4.79 Å². The fourth-order valence-corrected chi connectivity index (χ4v) is 2.31. The lowest BCUT2D eigenvalue weighted by molar-refractivity contribution is -0.130. The van der Waals surface area contributed by atoms with Crippen molar-refractivity contribution in [3.05, 3.63) is 53.6 Å². The third kappa shape index (κ3) is 3.87. The molecule has 0 aromatic heterocycles. The molecule has 5 heteroatoms. The maximum absolute atomic E-state index is 11.8. The summed E-state index contributed by atoms with van der Waals surface area (Å²) in [4.78, 5) is 13.8. The number of hydrogen-bond donors (Lipinski definition) is 1. The third-order valence-electron chi connectivity index (χ3n) is 3.65. The number of hydrogen-bond acceptors (Lipinski definition) is 4. The number of nitrogens with zero attached hydrogens (tertiary/aromatic N) is 1. The van der Waals surface area contributed by atoms with Crippen molar-refractivity contribution < 1.29 is 19.4 Å². The predicted octanol–water partition coefficient (Wildman–Crippen LogP) is 3.40. The average Bonchev–Trinajstić information content (AvgIpc) is 2.59. The highest BCUT2D eigenvalue weighted by atomic mass is 16.5. The first-order valence-electron chi connectivity index (χ1n) is 7.41. The van der Waals surface area contributed by atoms with E-state index in [2.05, 4.69) is 0 Å². The average molecular weight is 327 g/mol. The number of rotatable bonds is 6. The summed E-state index contributed by atoms with van der Waals surface area (Å²) in [6.45, 7) is 0. The predicted molar refractivity (Wildman–Crippen MR) is 95.8 cm³/mol. The Hall–Kier alpha value is -2.95. The number of methoxy groups -OCH3 is 2. The van der Waals surface area contributed by atoms with Crippen LogP contribution in [0.2, 0.25) is 0 Å². The Morgan fingerprint density at radius 2 is 1.71 bits per heavy atom. The SMILES string of the molecule is COc1ccc(OC)c(/C(=C/c2ccc(N(C)C)cc2)C(=O)O)c1. The Balaban J connectivity index is 2.51. The Morgan fingerprint density at radius 1 is 1.04 bits per heavy atom. The molecule has 126 valence electrons. The molecule has 2 rings (SSSR count). The molecule has 0 aliphatic carbocycles. The lowest BCUT2D eigenvalue weighted by atomic mass is 10.0. The van der Waals surface area contributed by atoms with Crippen LogP contribution < -0.4 is 14.4 Å². The molecule has 2 aromatic rings. The van der Waals surface area contributed by atoms with E-state index in [1.807, 2.05) is 43.3 Å². The fraction of sp³-hybridized carbons (Fsp3) is 0.211. The number of aliphatic carboxylic acids is 1. The van der Waals surface area contributed by atoms with E-state index < -0.39 is 5.97 Å². The molecular formula is C19H21NO4. The zero-order chi connectivity index (χ0) is 17.7. The second-order valence-electron chi connectivity index (χ2n) is 5.42. The number of carbonyl (C=O) groups is 1. The molecule has 0 fully saturated rings. The standard InChI is InChI=1S/C19H21NO4/c1-20(2)14-7-5-13(6-8-14)11-17(19(21)22)16-12-15(23-3)9-10-18(16)24-4/h5-12H,1-4H3,(H,21,22)/b17-11-. The summed E-state index contributed by atoms with van der Waals surface area (Å²) in [6.07, 6.45) is 1.62. The van der Waals surface area contributed by atoms with Gasteiger partial charge >= 0.3 is 5.97 Å². The van der Waals surface area contributed by atoms with E-state index in [0.29, 0.717) is 17.1 Å². The van der Waals surface area contributed by atoms with Gasteiger partial charge in [0.1, 0.15) is 11.5 Å². The third-order valence-corrected chi connectivity index (χ3v) is 3.65. The van der Waals surface area contributed by atoms with Gasteiger partial charge in [0, 0.05) is 25.3 Å². The lowest BCUT2D eigenvalue weighted by Crippen LogP contribution is -2.08. The first-order chi connectivity index (χ1) is 11.5. The Kier molecular flexibility index (Phi) is 5.47. The maximum Gasteiger partial charge on any atom is 0.336 e. The van der Waals surface area contributed by atoms with Crippen molar-refractivity contribution in [3.8, 4) is 11.5 Å². The Bertz CT molecular complexity index is 748. The van der Waals surface area contributed by atoms with Crippen LogP contribution in [0, 0.1) is 0 Å². The molecule has 1 N–H and O–H groups in total. The van der Waals surface area contributed by atoms with Crippen LogP contribution in [-0.4, -0.2) is 39.4 Å². The number of ether oxygens (including phenoxy) is 2. The molecule has 0 aliphatic rings. The van der Waals surface area contributed by atoms with Crippen LogP contribution >= 0.6 is 0 Å². The Labute approximate surface area is 141 Å². The van der Waals surface area contributed by atoms with E-state index in [9.17, 15) is 9.90 Å². The van der Waals surface area contributed by atoms with E-state index in [1.165, 1.54) is 14.2 Å². The smallest absolute Gasteiger partial charge is 0.336 e. The van der Waals surface area contributed by atoms with Gasteiger partial charge in [0.2, 0.25) is 0 Å². The minimum Gasteiger partial charge on any atom is -0.497 e. The van der Waals surface area contributed by atoms with Crippen molar-refractivity contribution in [3.63, 3.8) is 0 Å². The second-order valence-corrected chi connectivity index (χ2v) is 5.42. The lowest BCUT2D eigenvalue weighted by Gasteiger charge is -2.13. The van der Waals surface area contributed by atoms with Crippen LogP contribution in [0.25, 0.3) is 11.6 Å². The molecule has 5 nitrogen and oxygen atoms in total. The van der Waals surface area contributed by atoms with Gasteiger partial charge < -0.3 is 19.5 Å². The highest BCUT2D eigenvalue weighted by molar-refractivity contribution is 6.21. The summed E-state index contributed by atoms with van der Waals surface area (Å²) in [6, 6.07) is 12.7. The molecule has 0 bridgehead atoms. The molecule has 0 atom stereocenters. The van der Waals surface area contributed by atoms with Crippen molar-refractivity contribution >= 4 is 23.3 Å². The molecule has 0 saturated heterocycles. The second kappa shape index (κ2) is 7.55. The molecule has 0 aliphatic heterocycles. The van der Waals surface area contributed by atoms with Gasteiger partial charge in [0.25, 0.3) is 0 Å². The van der Waals surface area contributed by atoms with Crippen molar-refractivity contribution in [2.75, 3.05) is 33.2 Å². The first kappa shape index (κ1) is 17.4. The molecule has 0 spiro atoms. The van der Waals surface area contributed by atoms with Crippen molar-refractivity contribution in [2.24, 2.45) is 0 Å². The van der Waals surface area contributed by atoms with Gasteiger partial charge in [0.05, 0.1) is 19.8 Å². The molecule has 0 saturated carbocycles. The monoisotopic (exact) mass is 327 g/mol. The normalized spacial score (nSPS) is 11.1. The zero-order valence-electron chi connectivity index (χ0n) is 14.2. The number of anilines is 1. The van der Waals surface area contributed by atoms with E-state index in [4.69, 9.17) is 9.47 Å². The molecule has 24 heavy (non-hydrogen) atoms. The zero-order valence-corrected chi connectivity index (χ0v) is 14.2.